The third-order valence-corrected chi connectivity index (χ3v) is 6.05. The number of sulfonamides is 1. The molecule has 0 atom stereocenters. The summed E-state index contributed by atoms with van der Waals surface area (Å²) >= 11 is 0. The van der Waals surface area contributed by atoms with E-state index in [0.29, 0.717) is 34.3 Å². The molecule has 0 aromatic heterocycles. The number of amides is 1. The second-order valence-electron chi connectivity index (χ2n) is 6.58. The van der Waals surface area contributed by atoms with Crippen molar-refractivity contribution >= 4 is 38.1 Å². The summed E-state index contributed by atoms with van der Waals surface area (Å²) < 4.78 is 28.0. The molecule has 0 saturated carbocycles. The van der Waals surface area contributed by atoms with Gasteiger partial charge in [-0.15, -0.1) is 0 Å². The second kappa shape index (κ2) is 6.66. The molecule has 28 heavy (non-hydrogen) atoms. The summed E-state index contributed by atoms with van der Waals surface area (Å²) in [5.41, 5.74) is 2.90. The lowest BCUT2D eigenvalue weighted by atomic mass is 10.0. The van der Waals surface area contributed by atoms with Gasteiger partial charge in [0.2, 0.25) is 10.0 Å². The molecule has 4 rings (SSSR count). The van der Waals surface area contributed by atoms with Crippen molar-refractivity contribution in [1.82, 2.24) is 0 Å². The molecule has 0 spiro atoms. The van der Waals surface area contributed by atoms with E-state index in [2.05, 4.69) is 4.72 Å². The van der Waals surface area contributed by atoms with Crippen LogP contribution in [0.15, 0.2) is 54.6 Å². The number of nitrogens with one attached hydrogen (secondary N) is 1. The zero-order chi connectivity index (χ0) is 19.9. The van der Waals surface area contributed by atoms with Crippen LogP contribution in [0, 0.1) is 11.3 Å². The van der Waals surface area contributed by atoms with Crippen LogP contribution in [-0.4, -0.2) is 20.9 Å². The smallest absolute Gasteiger partial charge is 0.258 e. The van der Waals surface area contributed by atoms with Crippen molar-refractivity contribution in [3.05, 3.63) is 71.3 Å². The fraction of sp³-hybridized carbons (Fsp3) is 0.143. The summed E-state index contributed by atoms with van der Waals surface area (Å²) in [4.78, 5) is 14.3. The maximum absolute atomic E-state index is 12.7. The van der Waals surface area contributed by atoms with Crippen molar-refractivity contribution in [3.8, 4) is 6.07 Å². The maximum Gasteiger partial charge on any atom is 0.258 e. The van der Waals surface area contributed by atoms with Crippen molar-refractivity contribution in [2.24, 2.45) is 0 Å². The molecular weight excluding hydrogens is 374 g/mol. The molecule has 3 aromatic rings. The van der Waals surface area contributed by atoms with E-state index in [9.17, 15) is 13.2 Å². The van der Waals surface area contributed by atoms with Crippen molar-refractivity contribution in [1.29, 1.82) is 5.26 Å². The van der Waals surface area contributed by atoms with Gasteiger partial charge in [-0.2, -0.15) is 5.26 Å². The van der Waals surface area contributed by atoms with Gasteiger partial charge >= 0.3 is 0 Å². The van der Waals surface area contributed by atoms with E-state index >= 15 is 0 Å². The van der Waals surface area contributed by atoms with E-state index in [1.54, 1.807) is 53.4 Å². The predicted octanol–water partition coefficient (Wildman–Crippen LogP) is 3.63. The predicted molar refractivity (Wildman–Crippen MR) is 109 cm³/mol. The molecule has 6 nitrogen and oxygen atoms in total. The standard InChI is InChI=1S/C21H17N3O3S/c1-2-24-19-11-10-18(16-4-3-5-17(20(16)19)21(24)25)23-28(26,27)13-15-8-6-14(12-22)7-9-15/h3-11,23H,2,13H2,1H3. The molecule has 140 valence electrons. The summed E-state index contributed by atoms with van der Waals surface area (Å²) in [5, 5.41) is 10.3. The van der Waals surface area contributed by atoms with Gasteiger partial charge in [0.15, 0.2) is 0 Å². The molecule has 1 aliphatic rings. The number of nitriles is 1. The number of rotatable bonds is 5. The molecule has 0 bridgehead atoms. The van der Waals surface area contributed by atoms with Crippen molar-refractivity contribution in [2.75, 3.05) is 16.2 Å². The Morgan fingerprint density at radius 1 is 1.07 bits per heavy atom. The van der Waals surface area contributed by atoms with Gasteiger partial charge in [-0.3, -0.25) is 9.52 Å². The van der Waals surface area contributed by atoms with Gasteiger partial charge in [0.25, 0.3) is 5.91 Å². The highest BCUT2D eigenvalue weighted by Gasteiger charge is 2.29. The normalized spacial score (nSPS) is 13.0. The largest absolute Gasteiger partial charge is 0.308 e. The average Bonchev–Trinajstić information content (AvgIpc) is 2.97. The molecule has 0 unspecified atom stereocenters. The minimum Gasteiger partial charge on any atom is -0.308 e. The highest BCUT2D eigenvalue weighted by molar-refractivity contribution is 7.91. The van der Waals surface area contributed by atoms with E-state index in [1.807, 2.05) is 19.1 Å². The summed E-state index contributed by atoms with van der Waals surface area (Å²) in [6.45, 7) is 2.45. The van der Waals surface area contributed by atoms with E-state index < -0.39 is 10.0 Å². The monoisotopic (exact) mass is 391 g/mol. The van der Waals surface area contributed by atoms with Crippen LogP contribution < -0.4 is 9.62 Å². The van der Waals surface area contributed by atoms with Gasteiger partial charge < -0.3 is 4.90 Å². The Morgan fingerprint density at radius 3 is 2.50 bits per heavy atom. The van der Waals surface area contributed by atoms with E-state index in [1.165, 1.54) is 0 Å². The average molecular weight is 391 g/mol. The summed E-state index contributed by atoms with van der Waals surface area (Å²) in [5.74, 6) is -0.275. The highest BCUT2D eigenvalue weighted by atomic mass is 32.2. The van der Waals surface area contributed by atoms with E-state index in [4.69, 9.17) is 5.26 Å². The van der Waals surface area contributed by atoms with Crippen LogP contribution >= 0.6 is 0 Å². The van der Waals surface area contributed by atoms with Crippen LogP contribution in [0.4, 0.5) is 11.4 Å². The highest BCUT2D eigenvalue weighted by Crippen LogP contribution is 2.40. The first-order valence-corrected chi connectivity index (χ1v) is 10.5. The molecule has 1 heterocycles. The quantitative estimate of drug-likeness (QED) is 0.719. The number of anilines is 2. The molecule has 0 radical (unpaired) electrons. The fourth-order valence-corrected chi connectivity index (χ4v) is 4.76. The van der Waals surface area contributed by atoms with Crippen molar-refractivity contribution < 1.29 is 13.2 Å². The molecule has 0 aliphatic carbocycles. The number of carbonyl (C=O) groups is 1. The zero-order valence-electron chi connectivity index (χ0n) is 15.1. The SMILES string of the molecule is CCN1C(=O)c2cccc3c(NS(=O)(=O)Cc4ccc(C#N)cc4)ccc1c23. The summed E-state index contributed by atoms with van der Waals surface area (Å²) in [6.07, 6.45) is 0. The van der Waals surface area contributed by atoms with Crippen LogP contribution in [-0.2, 0) is 15.8 Å². The maximum atomic E-state index is 12.7. The lowest BCUT2D eigenvalue weighted by Crippen LogP contribution is -2.25. The number of benzene rings is 3. The third-order valence-electron chi connectivity index (χ3n) is 4.81. The van der Waals surface area contributed by atoms with Gasteiger partial charge in [0.05, 0.1) is 28.8 Å². The van der Waals surface area contributed by atoms with Crippen LogP contribution in [0.5, 0.6) is 0 Å². The second-order valence-corrected chi connectivity index (χ2v) is 8.30. The molecule has 0 fully saturated rings. The lowest BCUT2D eigenvalue weighted by molar-refractivity contribution is 0.0994. The van der Waals surface area contributed by atoms with Crippen molar-refractivity contribution in [3.63, 3.8) is 0 Å². The first-order valence-electron chi connectivity index (χ1n) is 8.80. The molecule has 1 aliphatic heterocycles. The molecular formula is C21H17N3O3S. The fourth-order valence-electron chi connectivity index (χ4n) is 3.55. The van der Waals surface area contributed by atoms with Crippen LogP contribution in [0.25, 0.3) is 10.8 Å². The first kappa shape index (κ1) is 18.0. The molecule has 1 N–H and O–H groups in total. The van der Waals surface area contributed by atoms with Crippen molar-refractivity contribution in [2.45, 2.75) is 12.7 Å². The van der Waals surface area contributed by atoms with Gasteiger partial charge in [-0.25, -0.2) is 8.42 Å². The number of hydrogen-bond acceptors (Lipinski definition) is 4. The van der Waals surface area contributed by atoms with Gasteiger partial charge in [0, 0.05) is 22.9 Å². The Morgan fingerprint density at radius 2 is 1.82 bits per heavy atom. The first-order chi connectivity index (χ1) is 13.4. The van der Waals surface area contributed by atoms with Crippen LogP contribution in [0.1, 0.15) is 28.4 Å². The Bertz CT molecular complexity index is 1240. The Hall–Kier alpha value is -3.37. The van der Waals surface area contributed by atoms with E-state index in [0.717, 1.165) is 11.1 Å². The van der Waals surface area contributed by atoms with Gasteiger partial charge in [0.1, 0.15) is 0 Å². The summed E-state index contributed by atoms with van der Waals surface area (Å²) in [6, 6.07) is 17.3. The van der Waals surface area contributed by atoms with Gasteiger partial charge in [-0.1, -0.05) is 24.3 Å². The Kier molecular flexibility index (Phi) is 4.28. The Balaban J connectivity index is 1.70. The molecule has 7 heteroatoms. The minimum absolute atomic E-state index is 0.0688. The zero-order valence-corrected chi connectivity index (χ0v) is 16.0. The van der Waals surface area contributed by atoms with Crippen LogP contribution in [0.3, 0.4) is 0 Å². The number of carbonyl (C=O) groups excluding carboxylic acids is 1. The van der Waals surface area contributed by atoms with Crippen LogP contribution in [0.2, 0.25) is 0 Å². The molecule has 0 saturated heterocycles. The number of hydrogen-bond donors (Lipinski definition) is 1. The number of nitrogens with zero attached hydrogens (tertiary/aromatic N) is 2. The lowest BCUT2D eigenvalue weighted by Gasteiger charge is -2.16. The Labute approximate surface area is 163 Å². The molecule has 3 aromatic carbocycles. The third kappa shape index (κ3) is 2.98. The topological polar surface area (TPSA) is 90.3 Å². The molecule has 1 amide bonds. The summed E-state index contributed by atoms with van der Waals surface area (Å²) in [7, 11) is -3.67. The van der Waals surface area contributed by atoms with E-state index in [-0.39, 0.29) is 11.7 Å². The van der Waals surface area contributed by atoms with Gasteiger partial charge in [-0.05, 0) is 42.8 Å². The minimum atomic E-state index is -3.67.